The minimum atomic E-state index is -3.58. The highest BCUT2D eigenvalue weighted by molar-refractivity contribution is 7.89. The Balaban J connectivity index is 1.90. The first-order valence-corrected chi connectivity index (χ1v) is 10.1. The van der Waals surface area contributed by atoms with Crippen LogP contribution < -0.4 is 4.72 Å². The zero-order chi connectivity index (χ0) is 17.7. The molecule has 1 aromatic rings. The smallest absolute Gasteiger partial charge is 0.240 e. The Hall–Kier alpha value is -1.40. The summed E-state index contributed by atoms with van der Waals surface area (Å²) < 4.78 is 27.4. The third kappa shape index (κ3) is 4.80. The second-order valence-electron chi connectivity index (χ2n) is 6.71. The normalized spacial score (nSPS) is 16.1. The van der Waals surface area contributed by atoms with Crippen LogP contribution in [0.25, 0.3) is 0 Å². The number of hydrogen-bond donors (Lipinski definition) is 1. The molecule has 0 radical (unpaired) electrons. The van der Waals surface area contributed by atoms with Crippen molar-refractivity contribution in [3.63, 3.8) is 0 Å². The maximum absolute atomic E-state index is 12.4. The predicted molar refractivity (Wildman–Crippen MR) is 95.4 cm³/mol. The lowest BCUT2D eigenvalue weighted by molar-refractivity contribution is -0.132. The quantitative estimate of drug-likeness (QED) is 0.856. The number of sulfonamides is 1. The predicted octanol–water partition coefficient (Wildman–Crippen LogP) is 2.76. The number of benzene rings is 1. The monoisotopic (exact) mass is 352 g/mol. The third-order valence-corrected chi connectivity index (χ3v) is 6.38. The van der Waals surface area contributed by atoms with E-state index in [1.807, 2.05) is 20.0 Å². The van der Waals surface area contributed by atoms with Crippen LogP contribution in [-0.4, -0.2) is 38.9 Å². The van der Waals surface area contributed by atoms with Crippen molar-refractivity contribution < 1.29 is 13.2 Å². The molecule has 134 valence electrons. The van der Waals surface area contributed by atoms with Gasteiger partial charge in [-0.25, -0.2) is 13.1 Å². The SMILES string of the molecule is Cc1ccc(C)c(S(=O)(=O)NCCC(=O)N(C)C2CCCCC2)c1. The maximum Gasteiger partial charge on any atom is 0.240 e. The molecular weight excluding hydrogens is 324 g/mol. The molecule has 0 aromatic heterocycles. The van der Waals surface area contributed by atoms with Crippen LogP contribution in [0.5, 0.6) is 0 Å². The van der Waals surface area contributed by atoms with Gasteiger partial charge in [-0.05, 0) is 43.9 Å². The molecule has 1 aliphatic rings. The Bertz CT molecular complexity index is 680. The highest BCUT2D eigenvalue weighted by Crippen LogP contribution is 2.22. The Morgan fingerprint density at radius 3 is 2.54 bits per heavy atom. The van der Waals surface area contributed by atoms with Crippen molar-refractivity contribution in [3.8, 4) is 0 Å². The lowest BCUT2D eigenvalue weighted by atomic mass is 9.94. The topological polar surface area (TPSA) is 66.5 Å². The number of amides is 1. The molecule has 1 N–H and O–H groups in total. The van der Waals surface area contributed by atoms with Gasteiger partial charge in [-0.2, -0.15) is 0 Å². The summed E-state index contributed by atoms with van der Waals surface area (Å²) in [6.45, 7) is 3.77. The van der Waals surface area contributed by atoms with E-state index in [0.717, 1.165) is 18.4 Å². The van der Waals surface area contributed by atoms with Crippen LogP contribution in [-0.2, 0) is 14.8 Å². The van der Waals surface area contributed by atoms with Gasteiger partial charge in [-0.3, -0.25) is 4.79 Å². The lowest BCUT2D eigenvalue weighted by Crippen LogP contribution is -2.39. The number of aryl methyl sites for hydroxylation is 2. The Kier molecular flexibility index (Phi) is 6.40. The zero-order valence-electron chi connectivity index (χ0n) is 14.8. The van der Waals surface area contributed by atoms with Crippen LogP contribution in [0.4, 0.5) is 0 Å². The maximum atomic E-state index is 12.4. The molecule has 1 fully saturated rings. The van der Waals surface area contributed by atoms with Gasteiger partial charge in [0, 0.05) is 26.1 Å². The molecule has 1 saturated carbocycles. The molecule has 0 spiro atoms. The molecule has 0 aliphatic heterocycles. The average molecular weight is 353 g/mol. The molecule has 1 amide bonds. The standard InChI is InChI=1S/C18H28N2O3S/c1-14-9-10-15(2)17(13-14)24(22,23)19-12-11-18(21)20(3)16-7-5-4-6-8-16/h9-10,13,16,19H,4-8,11-12H2,1-3H3. The van der Waals surface area contributed by atoms with Gasteiger partial charge in [0.1, 0.15) is 0 Å². The van der Waals surface area contributed by atoms with Gasteiger partial charge < -0.3 is 4.90 Å². The minimum absolute atomic E-state index is 0.00515. The first kappa shape index (κ1) is 18.9. The first-order valence-electron chi connectivity index (χ1n) is 8.64. The fraction of sp³-hybridized carbons (Fsp3) is 0.611. The molecule has 6 heteroatoms. The van der Waals surface area contributed by atoms with Crippen LogP contribution >= 0.6 is 0 Å². The van der Waals surface area contributed by atoms with E-state index < -0.39 is 10.0 Å². The summed E-state index contributed by atoms with van der Waals surface area (Å²) in [6, 6.07) is 5.65. The van der Waals surface area contributed by atoms with E-state index in [0.29, 0.717) is 11.6 Å². The fourth-order valence-electron chi connectivity index (χ4n) is 3.22. The molecule has 5 nitrogen and oxygen atoms in total. The van der Waals surface area contributed by atoms with Crippen LogP contribution in [0.1, 0.15) is 49.7 Å². The van der Waals surface area contributed by atoms with E-state index in [1.165, 1.54) is 19.3 Å². The van der Waals surface area contributed by atoms with Gasteiger partial charge in [0.25, 0.3) is 0 Å². The van der Waals surface area contributed by atoms with Crippen molar-refractivity contribution in [2.45, 2.75) is 63.3 Å². The summed E-state index contributed by atoms with van der Waals surface area (Å²) in [5, 5.41) is 0. The highest BCUT2D eigenvalue weighted by atomic mass is 32.2. The summed E-state index contributed by atoms with van der Waals surface area (Å²) in [7, 11) is -1.75. The Morgan fingerprint density at radius 1 is 1.21 bits per heavy atom. The van der Waals surface area contributed by atoms with Gasteiger partial charge in [0.05, 0.1) is 4.90 Å². The molecule has 1 aromatic carbocycles. The van der Waals surface area contributed by atoms with Crippen molar-refractivity contribution in [3.05, 3.63) is 29.3 Å². The van der Waals surface area contributed by atoms with Crippen molar-refractivity contribution in [1.29, 1.82) is 0 Å². The average Bonchev–Trinajstić information content (AvgIpc) is 2.56. The van der Waals surface area contributed by atoms with Gasteiger partial charge in [-0.1, -0.05) is 31.4 Å². The first-order chi connectivity index (χ1) is 11.3. The van der Waals surface area contributed by atoms with Crippen LogP contribution in [0.2, 0.25) is 0 Å². The summed E-state index contributed by atoms with van der Waals surface area (Å²) in [6.07, 6.45) is 5.88. The van der Waals surface area contributed by atoms with Crippen LogP contribution in [0.3, 0.4) is 0 Å². The number of hydrogen-bond acceptors (Lipinski definition) is 3. The minimum Gasteiger partial charge on any atom is -0.343 e. The van der Waals surface area contributed by atoms with Crippen molar-refractivity contribution in [2.24, 2.45) is 0 Å². The van der Waals surface area contributed by atoms with E-state index in [-0.39, 0.29) is 23.8 Å². The van der Waals surface area contributed by atoms with E-state index in [4.69, 9.17) is 0 Å². The number of carbonyl (C=O) groups is 1. The van der Waals surface area contributed by atoms with Crippen LogP contribution in [0, 0.1) is 13.8 Å². The second kappa shape index (κ2) is 8.12. The number of nitrogens with zero attached hydrogens (tertiary/aromatic N) is 1. The van der Waals surface area contributed by atoms with E-state index in [1.54, 1.807) is 24.0 Å². The second-order valence-corrected chi connectivity index (χ2v) is 8.45. The number of carbonyl (C=O) groups excluding carboxylic acids is 1. The molecule has 0 atom stereocenters. The largest absolute Gasteiger partial charge is 0.343 e. The third-order valence-electron chi connectivity index (χ3n) is 4.78. The molecule has 0 saturated heterocycles. The summed E-state index contributed by atoms with van der Waals surface area (Å²) in [4.78, 5) is 14.4. The zero-order valence-corrected chi connectivity index (χ0v) is 15.7. The Morgan fingerprint density at radius 2 is 1.88 bits per heavy atom. The van der Waals surface area contributed by atoms with Crippen molar-refractivity contribution >= 4 is 15.9 Å². The summed E-state index contributed by atoms with van der Waals surface area (Å²) >= 11 is 0. The Labute approximate surface area is 145 Å². The number of rotatable bonds is 6. The summed E-state index contributed by atoms with van der Waals surface area (Å²) in [5.41, 5.74) is 1.60. The molecule has 0 unspecified atom stereocenters. The molecule has 24 heavy (non-hydrogen) atoms. The summed E-state index contributed by atoms with van der Waals surface area (Å²) in [5.74, 6) is 0.00515. The highest BCUT2D eigenvalue weighted by Gasteiger charge is 2.22. The molecule has 2 rings (SSSR count). The molecule has 0 heterocycles. The van der Waals surface area contributed by atoms with Crippen molar-refractivity contribution in [1.82, 2.24) is 9.62 Å². The molecule has 0 bridgehead atoms. The molecule has 1 aliphatic carbocycles. The van der Waals surface area contributed by atoms with E-state index in [2.05, 4.69) is 4.72 Å². The van der Waals surface area contributed by atoms with Gasteiger partial charge in [-0.15, -0.1) is 0 Å². The van der Waals surface area contributed by atoms with Gasteiger partial charge in [0.15, 0.2) is 0 Å². The lowest BCUT2D eigenvalue weighted by Gasteiger charge is -2.31. The van der Waals surface area contributed by atoms with Gasteiger partial charge in [0.2, 0.25) is 15.9 Å². The van der Waals surface area contributed by atoms with E-state index in [9.17, 15) is 13.2 Å². The fourth-order valence-corrected chi connectivity index (χ4v) is 4.57. The number of nitrogens with one attached hydrogen (secondary N) is 1. The van der Waals surface area contributed by atoms with Crippen molar-refractivity contribution in [2.75, 3.05) is 13.6 Å². The van der Waals surface area contributed by atoms with Crippen LogP contribution in [0.15, 0.2) is 23.1 Å². The molecular formula is C18H28N2O3S. The van der Waals surface area contributed by atoms with Gasteiger partial charge >= 0.3 is 0 Å². The van der Waals surface area contributed by atoms with E-state index >= 15 is 0 Å².